The molecule has 30 heavy (non-hydrogen) atoms. The minimum atomic E-state index is -0.850. The Labute approximate surface area is 172 Å². The van der Waals surface area contributed by atoms with Gasteiger partial charge in [-0.2, -0.15) is 0 Å². The average molecular weight is 408 g/mol. The maximum atomic E-state index is 13.8. The van der Waals surface area contributed by atoms with Gasteiger partial charge in [-0.1, -0.05) is 31.4 Å². The first kappa shape index (κ1) is 19.7. The summed E-state index contributed by atoms with van der Waals surface area (Å²) in [4.78, 5) is 25.6. The lowest BCUT2D eigenvalue weighted by atomic mass is 9.69. The van der Waals surface area contributed by atoms with Gasteiger partial charge < -0.3 is 0 Å². The Morgan fingerprint density at radius 3 is 2.43 bits per heavy atom. The molecule has 0 radical (unpaired) electrons. The number of carbonyl (C=O) groups excluding carboxylic acids is 2. The zero-order valence-electron chi connectivity index (χ0n) is 16.2. The van der Waals surface area contributed by atoms with E-state index in [9.17, 15) is 14.0 Å². The molecule has 1 saturated carbocycles. The molecule has 0 bridgehead atoms. The van der Waals surface area contributed by atoms with Crippen molar-refractivity contribution < 1.29 is 14.0 Å². The van der Waals surface area contributed by atoms with Crippen LogP contribution in [0.5, 0.6) is 0 Å². The molecule has 154 valence electrons. The Hall–Kier alpha value is -3.62. The van der Waals surface area contributed by atoms with Crippen LogP contribution in [-0.2, 0) is 10.2 Å². The third kappa shape index (κ3) is 3.91. The van der Waals surface area contributed by atoms with Gasteiger partial charge in [0.15, 0.2) is 0 Å². The largest absolute Gasteiger partial charge is 0.272 e. The summed E-state index contributed by atoms with van der Waals surface area (Å²) in [6.07, 6.45) is 5.44. The van der Waals surface area contributed by atoms with Crippen molar-refractivity contribution in [2.45, 2.75) is 37.5 Å². The summed E-state index contributed by atoms with van der Waals surface area (Å²) >= 11 is 0. The highest BCUT2D eigenvalue weighted by atomic mass is 19.1. The van der Waals surface area contributed by atoms with Crippen LogP contribution in [0, 0.1) is 5.82 Å². The number of benzene rings is 2. The van der Waals surface area contributed by atoms with Gasteiger partial charge in [0.25, 0.3) is 5.91 Å². The predicted octanol–water partition coefficient (Wildman–Crippen LogP) is 2.46. The molecule has 0 spiro atoms. The molecule has 2 N–H and O–H groups in total. The Bertz CT molecular complexity index is 1030. The summed E-state index contributed by atoms with van der Waals surface area (Å²) in [5, 5.41) is 10.9. The second-order valence-corrected chi connectivity index (χ2v) is 7.36. The third-order valence-corrected chi connectivity index (χ3v) is 5.55. The summed E-state index contributed by atoms with van der Waals surface area (Å²) < 4.78 is 15.3. The van der Waals surface area contributed by atoms with Gasteiger partial charge in [0.05, 0.1) is 11.1 Å². The van der Waals surface area contributed by atoms with Gasteiger partial charge in [0.1, 0.15) is 12.1 Å². The van der Waals surface area contributed by atoms with Gasteiger partial charge in [-0.25, -0.2) is 9.07 Å². The summed E-state index contributed by atoms with van der Waals surface area (Å²) in [7, 11) is 0. The molecule has 4 rings (SSSR count). The number of halogens is 1. The molecule has 8 nitrogen and oxygen atoms in total. The highest BCUT2D eigenvalue weighted by Crippen LogP contribution is 2.39. The van der Waals surface area contributed by atoms with E-state index in [0.29, 0.717) is 29.7 Å². The smallest absolute Gasteiger partial charge is 0.269 e. The molecular formula is C21H21FN6O2. The van der Waals surface area contributed by atoms with E-state index in [2.05, 4.69) is 26.4 Å². The van der Waals surface area contributed by atoms with Crippen LogP contribution in [0.25, 0.3) is 5.69 Å². The van der Waals surface area contributed by atoms with E-state index < -0.39 is 11.3 Å². The maximum Gasteiger partial charge on any atom is 0.269 e. The van der Waals surface area contributed by atoms with E-state index in [-0.39, 0.29) is 11.7 Å². The fraction of sp³-hybridized carbons (Fsp3) is 0.286. The fourth-order valence-corrected chi connectivity index (χ4v) is 3.94. The molecule has 0 unspecified atom stereocenters. The van der Waals surface area contributed by atoms with Crippen molar-refractivity contribution in [3.63, 3.8) is 0 Å². The molecule has 1 aromatic heterocycles. The van der Waals surface area contributed by atoms with E-state index in [4.69, 9.17) is 0 Å². The fourth-order valence-electron chi connectivity index (χ4n) is 3.94. The molecule has 0 atom stereocenters. The molecule has 3 aromatic rings. The van der Waals surface area contributed by atoms with Crippen molar-refractivity contribution in [2.24, 2.45) is 0 Å². The molecule has 1 aliphatic carbocycles. The zero-order valence-corrected chi connectivity index (χ0v) is 16.2. The van der Waals surface area contributed by atoms with Gasteiger partial charge >= 0.3 is 0 Å². The minimum absolute atomic E-state index is 0.327. The molecule has 1 fully saturated rings. The second kappa shape index (κ2) is 8.40. The number of nitrogens with zero attached hydrogens (tertiary/aromatic N) is 4. The van der Waals surface area contributed by atoms with Crippen molar-refractivity contribution in [1.82, 2.24) is 31.1 Å². The number of hydrazine groups is 1. The lowest BCUT2D eigenvalue weighted by molar-refractivity contribution is -0.128. The summed E-state index contributed by atoms with van der Waals surface area (Å²) in [6.45, 7) is 0. The maximum absolute atomic E-state index is 13.8. The lowest BCUT2D eigenvalue weighted by Crippen LogP contribution is -2.52. The van der Waals surface area contributed by atoms with Gasteiger partial charge in [-0.15, -0.1) is 5.10 Å². The van der Waals surface area contributed by atoms with Crippen LogP contribution in [0.15, 0.2) is 54.9 Å². The molecule has 0 aliphatic heterocycles. The first-order valence-electron chi connectivity index (χ1n) is 9.79. The molecule has 2 aromatic carbocycles. The molecule has 1 aliphatic rings. The van der Waals surface area contributed by atoms with Crippen LogP contribution in [0.2, 0.25) is 0 Å². The first-order chi connectivity index (χ1) is 14.6. The standard InChI is InChI=1S/C21H21FN6O2/c22-17-6-4-5-16(13-17)21(11-2-1-3-12-21)20(30)25-24-19(29)15-7-9-18(10-8-15)28-14-23-26-27-28/h4-10,13-14H,1-3,11-12H2,(H,24,29)(H,25,30). The Balaban J connectivity index is 1.46. The SMILES string of the molecule is O=C(NNC(=O)C1(c2cccc(F)c2)CCCCC1)c1ccc(-n2cnnn2)cc1. The van der Waals surface area contributed by atoms with Crippen LogP contribution in [-0.4, -0.2) is 32.0 Å². The summed E-state index contributed by atoms with van der Waals surface area (Å²) in [6, 6.07) is 12.8. The van der Waals surface area contributed by atoms with Crippen LogP contribution in [0.1, 0.15) is 48.0 Å². The number of hydrogen-bond acceptors (Lipinski definition) is 5. The lowest BCUT2D eigenvalue weighted by Gasteiger charge is -2.36. The highest BCUT2D eigenvalue weighted by molar-refractivity contribution is 5.97. The van der Waals surface area contributed by atoms with Crippen molar-refractivity contribution in [1.29, 1.82) is 0 Å². The van der Waals surface area contributed by atoms with Crippen molar-refractivity contribution in [2.75, 3.05) is 0 Å². The Morgan fingerprint density at radius 1 is 1.00 bits per heavy atom. The second-order valence-electron chi connectivity index (χ2n) is 7.36. The number of hydrogen-bond donors (Lipinski definition) is 2. The van der Waals surface area contributed by atoms with Crippen molar-refractivity contribution in [3.8, 4) is 5.69 Å². The monoisotopic (exact) mass is 408 g/mol. The van der Waals surface area contributed by atoms with Gasteiger partial charge in [-0.3, -0.25) is 20.4 Å². The summed E-state index contributed by atoms with van der Waals surface area (Å²) in [5.74, 6) is -1.15. The van der Waals surface area contributed by atoms with Crippen LogP contribution < -0.4 is 10.9 Å². The van der Waals surface area contributed by atoms with E-state index >= 15 is 0 Å². The number of rotatable bonds is 4. The van der Waals surface area contributed by atoms with Crippen molar-refractivity contribution in [3.05, 3.63) is 71.8 Å². The van der Waals surface area contributed by atoms with E-state index in [0.717, 1.165) is 19.3 Å². The van der Waals surface area contributed by atoms with Crippen molar-refractivity contribution >= 4 is 11.8 Å². The predicted molar refractivity (Wildman–Crippen MR) is 106 cm³/mol. The number of amides is 2. The molecule has 1 heterocycles. The molecule has 9 heteroatoms. The third-order valence-electron chi connectivity index (χ3n) is 5.55. The average Bonchev–Trinajstić information content (AvgIpc) is 3.33. The first-order valence-corrected chi connectivity index (χ1v) is 9.79. The quantitative estimate of drug-likeness (QED) is 0.646. The number of nitrogens with one attached hydrogen (secondary N) is 2. The van der Waals surface area contributed by atoms with E-state index in [1.165, 1.54) is 23.1 Å². The number of aromatic nitrogens is 4. The molecule has 0 saturated heterocycles. The number of carbonyl (C=O) groups is 2. The van der Waals surface area contributed by atoms with Crippen LogP contribution in [0.4, 0.5) is 4.39 Å². The van der Waals surface area contributed by atoms with Gasteiger partial charge in [-0.05, 0) is 65.2 Å². The summed E-state index contributed by atoms with van der Waals surface area (Å²) in [5.41, 5.74) is 5.89. The topological polar surface area (TPSA) is 102 Å². The van der Waals surface area contributed by atoms with Crippen LogP contribution >= 0.6 is 0 Å². The molecular weight excluding hydrogens is 387 g/mol. The molecule has 2 amide bonds. The Kier molecular flexibility index (Phi) is 5.51. The van der Waals surface area contributed by atoms with Crippen LogP contribution in [0.3, 0.4) is 0 Å². The number of tetrazole rings is 1. The van der Waals surface area contributed by atoms with E-state index in [1.807, 2.05) is 0 Å². The minimum Gasteiger partial charge on any atom is -0.272 e. The van der Waals surface area contributed by atoms with E-state index in [1.54, 1.807) is 36.4 Å². The van der Waals surface area contributed by atoms with Gasteiger partial charge in [0.2, 0.25) is 5.91 Å². The zero-order chi connectivity index (χ0) is 21.0. The normalized spacial score (nSPS) is 15.4. The van der Waals surface area contributed by atoms with Gasteiger partial charge in [0, 0.05) is 5.56 Å². The highest BCUT2D eigenvalue weighted by Gasteiger charge is 2.41. The Morgan fingerprint density at radius 2 is 1.77 bits per heavy atom.